The minimum Gasteiger partial charge on any atom is -0.396 e. The van der Waals surface area contributed by atoms with Crippen LogP contribution in [0.4, 0.5) is 0 Å². The highest BCUT2D eigenvalue weighted by molar-refractivity contribution is 4.79. The second kappa shape index (κ2) is 6.33. The van der Waals surface area contributed by atoms with Gasteiger partial charge >= 0.3 is 0 Å². The Balaban J connectivity index is 3.77. The molecule has 0 saturated carbocycles. The Morgan fingerprint density at radius 2 is 1.13 bits per heavy atom. The second-order valence-corrected chi connectivity index (χ2v) is 3.91. The number of nitrogens with two attached hydrogens (primary N) is 4. The van der Waals surface area contributed by atoms with Crippen LogP contribution in [0, 0.1) is 0 Å². The SMILES string of the molecule is NC(N)(CCO)COCC(N)(N)CCO. The third kappa shape index (κ3) is 7.63. The molecule has 0 saturated heterocycles. The smallest absolute Gasteiger partial charge is 0.0899 e. The van der Waals surface area contributed by atoms with Crippen molar-refractivity contribution < 1.29 is 14.9 Å². The summed E-state index contributed by atoms with van der Waals surface area (Å²) < 4.78 is 5.15. The summed E-state index contributed by atoms with van der Waals surface area (Å²) in [4.78, 5) is 0. The topological polar surface area (TPSA) is 154 Å². The molecule has 0 aromatic heterocycles. The van der Waals surface area contributed by atoms with E-state index in [1.54, 1.807) is 0 Å². The zero-order valence-corrected chi connectivity index (χ0v) is 8.85. The number of ether oxygens (including phenoxy) is 1. The van der Waals surface area contributed by atoms with Gasteiger partial charge in [0.1, 0.15) is 0 Å². The van der Waals surface area contributed by atoms with Crippen LogP contribution in [0.15, 0.2) is 0 Å². The monoisotopic (exact) mass is 222 g/mol. The number of hydrogen-bond acceptors (Lipinski definition) is 7. The molecule has 0 spiro atoms. The summed E-state index contributed by atoms with van der Waals surface area (Å²) in [6, 6.07) is 0. The van der Waals surface area contributed by atoms with E-state index in [-0.39, 0.29) is 39.3 Å². The molecule has 15 heavy (non-hydrogen) atoms. The number of hydrogen-bond donors (Lipinski definition) is 6. The maximum absolute atomic E-state index is 8.65. The molecular weight excluding hydrogens is 200 g/mol. The van der Waals surface area contributed by atoms with E-state index in [1.165, 1.54) is 0 Å². The summed E-state index contributed by atoms with van der Waals surface area (Å²) in [6.07, 6.45) is 0.463. The second-order valence-electron chi connectivity index (χ2n) is 3.91. The lowest BCUT2D eigenvalue weighted by Crippen LogP contribution is -2.58. The van der Waals surface area contributed by atoms with Crippen molar-refractivity contribution in [1.82, 2.24) is 0 Å². The van der Waals surface area contributed by atoms with E-state index in [0.29, 0.717) is 0 Å². The maximum atomic E-state index is 8.65. The van der Waals surface area contributed by atoms with Crippen LogP contribution >= 0.6 is 0 Å². The molecule has 0 aliphatic carbocycles. The van der Waals surface area contributed by atoms with E-state index >= 15 is 0 Å². The predicted molar refractivity (Wildman–Crippen MR) is 56.4 cm³/mol. The lowest BCUT2D eigenvalue weighted by molar-refractivity contribution is 0.0369. The van der Waals surface area contributed by atoms with Gasteiger partial charge in [0.05, 0.1) is 24.5 Å². The number of rotatable bonds is 8. The van der Waals surface area contributed by atoms with Crippen LogP contribution in [-0.4, -0.2) is 48.0 Å². The Bertz CT molecular complexity index is 157. The van der Waals surface area contributed by atoms with E-state index in [9.17, 15) is 0 Å². The van der Waals surface area contributed by atoms with Crippen LogP contribution in [0.2, 0.25) is 0 Å². The van der Waals surface area contributed by atoms with Crippen molar-refractivity contribution in [2.75, 3.05) is 26.4 Å². The Morgan fingerprint density at radius 3 is 1.40 bits per heavy atom. The zero-order chi connectivity index (χ0) is 11.9. The lowest BCUT2D eigenvalue weighted by Gasteiger charge is -2.27. The van der Waals surface area contributed by atoms with E-state index in [1.807, 2.05) is 0 Å². The molecule has 0 aromatic carbocycles. The Morgan fingerprint density at radius 1 is 0.800 bits per heavy atom. The molecule has 0 aliphatic heterocycles. The van der Waals surface area contributed by atoms with Gasteiger partial charge in [-0.25, -0.2) is 0 Å². The van der Waals surface area contributed by atoms with Crippen molar-refractivity contribution in [3.05, 3.63) is 0 Å². The fourth-order valence-electron chi connectivity index (χ4n) is 0.992. The van der Waals surface area contributed by atoms with Gasteiger partial charge in [0.25, 0.3) is 0 Å². The zero-order valence-electron chi connectivity index (χ0n) is 8.85. The van der Waals surface area contributed by atoms with Crippen LogP contribution in [0.3, 0.4) is 0 Å². The minimum absolute atomic E-state index is 0.0507. The molecular formula is C8H22N4O3. The highest BCUT2D eigenvalue weighted by Crippen LogP contribution is 2.02. The summed E-state index contributed by atoms with van der Waals surface area (Å²) in [6.45, 7) is -0.114. The third-order valence-electron chi connectivity index (χ3n) is 1.90. The molecule has 0 aromatic rings. The van der Waals surface area contributed by atoms with Crippen LogP contribution in [0.5, 0.6) is 0 Å². The summed E-state index contributed by atoms with van der Waals surface area (Å²) in [7, 11) is 0. The molecule has 0 aliphatic rings. The maximum Gasteiger partial charge on any atom is 0.0899 e. The van der Waals surface area contributed by atoms with E-state index < -0.39 is 11.3 Å². The van der Waals surface area contributed by atoms with Crippen molar-refractivity contribution in [1.29, 1.82) is 0 Å². The van der Waals surface area contributed by atoms with Crippen molar-refractivity contribution in [3.63, 3.8) is 0 Å². The van der Waals surface area contributed by atoms with E-state index in [2.05, 4.69) is 0 Å². The first-order chi connectivity index (χ1) is 6.83. The van der Waals surface area contributed by atoms with E-state index in [4.69, 9.17) is 37.9 Å². The van der Waals surface area contributed by atoms with Crippen LogP contribution in [0.1, 0.15) is 12.8 Å². The van der Waals surface area contributed by atoms with Gasteiger partial charge in [-0.2, -0.15) is 0 Å². The predicted octanol–water partition coefficient (Wildman–Crippen LogP) is -3.00. The van der Waals surface area contributed by atoms with Crippen LogP contribution < -0.4 is 22.9 Å². The molecule has 0 bridgehead atoms. The Kier molecular flexibility index (Phi) is 6.22. The van der Waals surface area contributed by atoms with Crippen molar-refractivity contribution in [2.45, 2.75) is 24.2 Å². The first-order valence-electron chi connectivity index (χ1n) is 4.78. The average molecular weight is 222 g/mol. The molecule has 0 heterocycles. The first-order valence-corrected chi connectivity index (χ1v) is 4.78. The summed E-state index contributed by atoms with van der Waals surface area (Å²) >= 11 is 0. The number of aliphatic hydroxyl groups is 2. The molecule has 0 amide bonds. The fourth-order valence-corrected chi connectivity index (χ4v) is 0.992. The molecule has 0 rings (SSSR count). The molecule has 7 nitrogen and oxygen atoms in total. The fraction of sp³-hybridized carbons (Fsp3) is 1.00. The molecule has 7 heteroatoms. The van der Waals surface area contributed by atoms with Crippen molar-refractivity contribution in [3.8, 4) is 0 Å². The van der Waals surface area contributed by atoms with Gasteiger partial charge in [-0.15, -0.1) is 0 Å². The molecule has 0 radical (unpaired) electrons. The van der Waals surface area contributed by atoms with Crippen molar-refractivity contribution in [2.24, 2.45) is 22.9 Å². The third-order valence-corrected chi connectivity index (χ3v) is 1.90. The number of aliphatic hydroxyl groups excluding tert-OH is 2. The Hall–Kier alpha value is -0.280. The van der Waals surface area contributed by atoms with Gasteiger partial charge < -0.3 is 37.9 Å². The Labute approximate surface area is 89.4 Å². The molecule has 0 unspecified atom stereocenters. The first kappa shape index (κ1) is 14.7. The summed E-state index contributed by atoms with van der Waals surface area (Å²) in [5, 5.41) is 17.3. The normalized spacial score (nSPS) is 13.2. The lowest BCUT2D eigenvalue weighted by atomic mass is 10.1. The van der Waals surface area contributed by atoms with E-state index in [0.717, 1.165) is 0 Å². The molecule has 0 atom stereocenters. The molecule has 92 valence electrons. The van der Waals surface area contributed by atoms with Crippen LogP contribution in [0.25, 0.3) is 0 Å². The van der Waals surface area contributed by atoms with Gasteiger partial charge in [0.15, 0.2) is 0 Å². The molecule has 10 N–H and O–H groups in total. The van der Waals surface area contributed by atoms with Gasteiger partial charge in [-0.1, -0.05) is 0 Å². The van der Waals surface area contributed by atoms with Crippen LogP contribution in [-0.2, 0) is 4.74 Å². The average Bonchev–Trinajstić information content (AvgIpc) is 2.02. The highest BCUT2D eigenvalue weighted by Gasteiger charge is 2.23. The molecule has 0 fully saturated rings. The van der Waals surface area contributed by atoms with Gasteiger partial charge in [-0.3, -0.25) is 0 Å². The summed E-state index contributed by atoms with van der Waals surface area (Å²) in [5.74, 6) is 0. The van der Waals surface area contributed by atoms with Gasteiger partial charge in [0.2, 0.25) is 0 Å². The minimum atomic E-state index is -1.08. The quantitative estimate of drug-likeness (QED) is 0.239. The standard InChI is InChI=1S/C8H22N4O3/c9-7(10,1-3-13)5-15-6-8(11,12)2-4-14/h13-14H,1-6,9-12H2. The largest absolute Gasteiger partial charge is 0.396 e. The van der Waals surface area contributed by atoms with Gasteiger partial charge in [0, 0.05) is 26.1 Å². The highest BCUT2D eigenvalue weighted by atomic mass is 16.5. The van der Waals surface area contributed by atoms with Crippen molar-refractivity contribution >= 4 is 0 Å². The summed E-state index contributed by atoms with van der Waals surface area (Å²) in [5.41, 5.74) is 20.2. The van der Waals surface area contributed by atoms with Gasteiger partial charge in [-0.05, 0) is 0 Å².